The highest BCUT2D eigenvalue weighted by Gasteiger charge is 1.98. The van der Waals surface area contributed by atoms with Gasteiger partial charge in [0.1, 0.15) is 6.61 Å². The van der Waals surface area contributed by atoms with E-state index in [0.29, 0.717) is 18.4 Å². The third-order valence-electron chi connectivity index (χ3n) is 0.836. The third-order valence-corrected chi connectivity index (χ3v) is 0.836. The Balaban J connectivity index is 2.61. The Morgan fingerprint density at radius 1 is 1.56 bits per heavy atom. The van der Waals surface area contributed by atoms with Gasteiger partial charge in [0.15, 0.2) is 0 Å². The standard InChI is InChI=1S/C5H8N2O2/c1-4-6-7-5(9-4)3-8-2/h3H2,1-2H3. The van der Waals surface area contributed by atoms with Crippen LogP contribution in [0.4, 0.5) is 0 Å². The van der Waals surface area contributed by atoms with Gasteiger partial charge in [-0.25, -0.2) is 0 Å². The summed E-state index contributed by atoms with van der Waals surface area (Å²) in [5.74, 6) is 1.09. The molecule has 0 bridgehead atoms. The number of aromatic nitrogens is 2. The molecule has 50 valence electrons. The number of rotatable bonds is 2. The lowest BCUT2D eigenvalue weighted by Crippen LogP contribution is -1.85. The predicted octanol–water partition coefficient (Wildman–Crippen LogP) is 0.524. The van der Waals surface area contributed by atoms with Crippen molar-refractivity contribution >= 4 is 0 Å². The van der Waals surface area contributed by atoms with Gasteiger partial charge in [0.2, 0.25) is 11.8 Å². The summed E-state index contributed by atoms with van der Waals surface area (Å²) in [4.78, 5) is 0. The Morgan fingerprint density at radius 3 is 2.78 bits per heavy atom. The maximum atomic E-state index is 4.98. The summed E-state index contributed by atoms with van der Waals surface area (Å²) in [6.45, 7) is 2.13. The number of ether oxygens (including phenoxy) is 1. The zero-order valence-electron chi connectivity index (χ0n) is 5.42. The van der Waals surface area contributed by atoms with Crippen LogP contribution in [0.5, 0.6) is 0 Å². The van der Waals surface area contributed by atoms with Gasteiger partial charge in [-0.15, -0.1) is 10.2 Å². The molecule has 0 aliphatic rings. The summed E-state index contributed by atoms with van der Waals surface area (Å²) < 4.78 is 9.72. The second-order valence-corrected chi connectivity index (χ2v) is 1.65. The van der Waals surface area contributed by atoms with Gasteiger partial charge >= 0.3 is 0 Å². The van der Waals surface area contributed by atoms with E-state index in [9.17, 15) is 0 Å². The van der Waals surface area contributed by atoms with Crippen LogP contribution in [0.3, 0.4) is 0 Å². The maximum absolute atomic E-state index is 4.98. The van der Waals surface area contributed by atoms with Crippen molar-refractivity contribution in [3.63, 3.8) is 0 Å². The van der Waals surface area contributed by atoms with Gasteiger partial charge in [0.05, 0.1) is 0 Å². The summed E-state index contributed by atoms with van der Waals surface area (Å²) >= 11 is 0. The molecule has 0 amide bonds. The molecule has 4 nitrogen and oxygen atoms in total. The van der Waals surface area contributed by atoms with E-state index < -0.39 is 0 Å². The lowest BCUT2D eigenvalue weighted by atomic mass is 10.7. The first-order valence-corrected chi connectivity index (χ1v) is 2.61. The molecule has 1 aromatic rings. The summed E-state index contributed by atoms with van der Waals surface area (Å²) in [5.41, 5.74) is 0. The van der Waals surface area contributed by atoms with E-state index in [2.05, 4.69) is 10.2 Å². The predicted molar refractivity (Wildman–Crippen MR) is 29.7 cm³/mol. The minimum atomic E-state index is 0.390. The van der Waals surface area contributed by atoms with E-state index in [1.807, 2.05) is 0 Å². The first-order chi connectivity index (χ1) is 4.33. The van der Waals surface area contributed by atoms with Crippen LogP contribution in [0.1, 0.15) is 11.8 Å². The number of methoxy groups -OCH3 is 1. The summed E-state index contributed by atoms with van der Waals surface area (Å²) in [7, 11) is 1.58. The molecule has 0 aliphatic carbocycles. The molecule has 0 saturated carbocycles. The Morgan fingerprint density at radius 2 is 2.33 bits per heavy atom. The van der Waals surface area contributed by atoms with E-state index in [-0.39, 0.29) is 0 Å². The fourth-order valence-corrected chi connectivity index (χ4v) is 0.519. The molecular weight excluding hydrogens is 120 g/mol. The largest absolute Gasteiger partial charge is 0.423 e. The van der Waals surface area contributed by atoms with Crippen LogP contribution in [-0.2, 0) is 11.3 Å². The topological polar surface area (TPSA) is 48.2 Å². The normalized spacial score (nSPS) is 10.0. The van der Waals surface area contributed by atoms with Gasteiger partial charge in [-0.2, -0.15) is 0 Å². The summed E-state index contributed by atoms with van der Waals surface area (Å²) in [5, 5.41) is 7.30. The summed E-state index contributed by atoms with van der Waals surface area (Å²) in [6, 6.07) is 0. The van der Waals surface area contributed by atoms with Crippen LogP contribution in [-0.4, -0.2) is 17.3 Å². The molecule has 0 aliphatic heterocycles. The Kier molecular flexibility index (Phi) is 1.79. The average molecular weight is 128 g/mol. The molecule has 0 aromatic carbocycles. The number of hydrogen-bond donors (Lipinski definition) is 0. The molecule has 0 fully saturated rings. The molecule has 4 heteroatoms. The van der Waals surface area contributed by atoms with Crippen LogP contribution >= 0.6 is 0 Å². The van der Waals surface area contributed by atoms with Crippen molar-refractivity contribution in [2.75, 3.05) is 7.11 Å². The minimum absolute atomic E-state index is 0.390. The second kappa shape index (κ2) is 2.59. The van der Waals surface area contributed by atoms with E-state index in [1.54, 1.807) is 14.0 Å². The SMILES string of the molecule is COCc1nnc(C)o1. The molecule has 0 saturated heterocycles. The molecule has 0 spiro atoms. The number of nitrogens with zero attached hydrogens (tertiary/aromatic N) is 2. The fraction of sp³-hybridized carbons (Fsp3) is 0.600. The molecule has 0 unspecified atom stereocenters. The van der Waals surface area contributed by atoms with Crippen molar-refractivity contribution in [2.24, 2.45) is 0 Å². The molecule has 0 radical (unpaired) electrons. The van der Waals surface area contributed by atoms with Crippen molar-refractivity contribution in [3.8, 4) is 0 Å². The van der Waals surface area contributed by atoms with Gasteiger partial charge in [-0.3, -0.25) is 0 Å². The molecule has 1 heterocycles. The molecule has 1 aromatic heterocycles. The second-order valence-electron chi connectivity index (χ2n) is 1.65. The van der Waals surface area contributed by atoms with Gasteiger partial charge < -0.3 is 9.15 Å². The quantitative estimate of drug-likeness (QED) is 0.582. The Hall–Kier alpha value is -0.900. The van der Waals surface area contributed by atoms with Crippen LogP contribution in [0.25, 0.3) is 0 Å². The van der Waals surface area contributed by atoms with Crippen molar-refractivity contribution in [1.29, 1.82) is 0 Å². The molecule has 1 rings (SSSR count). The smallest absolute Gasteiger partial charge is 0.242 e. The van der Waals surface area contributed by atoms with Crippen molar-refractivity contribution in [1.82, 2.24) is 10.2 Å². The Labute approximate surface area is 52.8 Å². The van der Waals surface area contributed by atoms with Gasteiger partial charge in [-0.05, 0) is 0 Å². The first-order valence-electron chi connectivity index (χ1n) is 2.61. The number of aryl methyl sites for hydroxylation is 1. The van der Waals surface area contributed by atoms with Crippen LogP contribution < -0.4 is 0 Å². The molecule has 0 atom stereocenters. The van der Waals surface area contributed by atoms with E-state index in [4.69, 9.17) is 9.15 Å². The van der Waals surface area contributed by atoms with Gasteiger partial charge in [0.25, 0.3) is 0 Å². The molecular formula is C5H8N2O2. The zero-order valence-corrected chi connectivity index (χ0v) is 5.42. The maximum Gasteiger partial charge on any atom is 0.242 e. The van der Waals surface area contributed by atoms with Crippen LogP contribution in [0, 0.1) is 6.92 Å². The molecule has 0 N–H and O–H groups in total. The van der Waals surface area contributed by atoms with Crippen molar-refractivity contribution in [2.45, 2.75) is 13.5 Å². The monoisotopic (exact) mass is 128 g/mol. The highest BCUT2D eigenvalue weighted by molar-refractivity contribution is 4.74. The van der Waals surface area contributed by atoms with Crippen molar-refractivity contribution in [3.05, 3.63) is 11.8 Å². The zero-order chi connectivity index (χ0) is 6.69. The van der Waals surface area contributed by atoms with E-state index in [1.165, 1.54) is 0 Å². The fourth-order valence-electron chi connectivity index (χ4n) is 0.519. The van der Waals surface area contributed by atoms with Crippen LogP contribution in [0.2, 0.25) is 0 Å². The van der Waals surface area contributed by atoms with Crippen LogP contribution in [0.15, 0.2) is 4.42 Å². The highest BCUT2D eigenvalue weighted by atomic mass is 16.5. The lowest BCUT2D eigenvalue weighted by molar-refractivity contribution is 0.158. The van der Waals surface area contributed by atoms with E-state index in [0.717, 1.165) is 0 Å². The average Bonchev–Trinajstić information content (AvgIpc) is 2.17. The highest BCUT2D eigenvalue weighted by Crippen LogP contribution is 1.97. The van der Waals surface area contributed by atoms with Crippen molar-refractivity contribution < 1.29 is 9.15 Å². The minimum Gasteiger partial charge on any atom is -0.423 e. The van der Waals surface area contributed by atoms with E-state index >= 15 is 0 Å². The van der Waals surface area contributed by atoms with Gasteiger partial charge in [-0.1, -0.05) is 0 Å². The number of hydrogen-bond acceptors (Lipinski definition) is 4. The third kappa shape index (κ3) is 1.50. The summed E-state index contributed by atoms with van der Waals surface area (Å²) in [6.07, 6.45) is 0. The first kappa shape index (κ1) is 6.22. The molecule has 9 heavy (non-hydrogen) atoms. The Bertz CT molecular complexity index is 185. The van der Waals surface area contributed by atoms with Gasteiger partial charge in [0, 0.05) is 14.0 Å². The lowest BCUT2D eigenvalue weighted by Gasteiger charge is -1.86.